The van der Waals surface area contributed by atoms with Crippen LogP contribution in [-0.2, 0) is 23.8 Å². The minimum absolute atomic E-state index is 0.0317. The highest BCUT2D eigenvalue weighted by Crippen LogP contribution is 2.14. The number of ether oxygens (including phenoxy) is 3. The van der Waals surface area contributed by atoms with Crippen LogP contribution in [0.2, 0.25) is 0 Å². The lowest BCUT2D eigenvalue weighted by Crippen LogP contribution is -2.27. The third-order valence-corrected chi connectivity index (χ3v) is 2.84. The Morgan fingerprint density at radius 2 is 1.76 bits per heavy atom. The number of rotatable bonds is 10. The highest BCUT2D eigenvalue weighted by Gasteiger charge is 2.18. The Kier molecular flexibility index (Phi) is 10.0. The fraction of sp³-hybridized carbons (Fsp3) is 0.875. The van der Waals surface area contributed by atoms with E-state index in [-0.39, 0.29) is 31.7 Å². The molecule has 0 N–H and O–H groups in total. The zero-order chi connectivity index (χ0) is 16.3. The van der Waals surface area contributed by atoms with Gasteiger partial charge >= 0.3 is 11.9 Å². The molecule has 0 aliphatic carbocycles. The number of carbonyl (C=O) groups is 2. The van der Waals surface area contributed by atoms with Crippen LogP contribution < -0.4 is 0 Å². The molecule has 1 unspecified atom stereocenters. The molecule has 0 aromatic heterocycles. The van der Waals surface area contributed by atoms with Gasteiger partial charge in [0.15, 0.2) is 0 Å². The van der Waals surface area contributed by atoms with Gasteiger partial charge in [0.05, 0.1) is 12.5 Å². The summed E-state index contributed by atoms with van der Waals surface area (Å²) in [7, 11) is 0. The average Bonchev–Trinajstić information content (AvgIpc) is 2.37. The van der Waals surface area contributed by atoms with Crippen LogP contribution >= 0.6 is 0 Å². The van der Waals surface area contributed by atoms with Gasteiger partial charge in [0.2, 0.25) is 0 Å². The SMILES string of the molecule is CCCCC(CC)C(=O)OCCOCC(=O)OC(C)(C)C. The van der Waals surface area contributed by atoms with Crippen LogP contribution in [0.15, 0.2) is 0 Å². The summed E-state index contributed by atoms with van der Waals surface area (Å²) in [4.78, 5) is 23.2. The molecule has 0 aromatic carbocycles. The molecule has 21 heavy (non-hydrogen) atoms. The molecule has 0 saturated heterocycles. The minimum Gasteiger partial charge on any atom is -0.463 e. The first-order chi connectivity index (χ1) is 9.80. The van der Waals surface area contributed by atoms with Gasteiger partial charge in [-0.25, -0.2) is 4.79 Å². The summed E-state index contributed by atoms with van der Waals surface area (Å²) < 4.78 is 15.4. The zero-order valence-corrected chi connectivity index (χ0v) is 14.1. The predicted octanol–water partition coefficient (Wildman–Crippen LogP) is 3.10. The van der Waals surface area contributed by atoms with Crippen LogP contribution in [0.4, 0.5) is 0 Å². The van der Waals surface area contributed by atoms with Crippen molar-refractivity contribution >= 4 is 11.9 Å². The van der Waals surface area contributed by atoms with E-state index in [1.807, 2.05) is 6.92 Å². The van der Waals surface area contributed by atoms with Crippen LogP contribution in [0.5, 0.6) is 0 Å². The lowest BCUT2D eigenvalue weighted by atomic mass is 10.00. The van der Waals surface area contributed by atoms with Gasteiger partial charge < -0.3 is 14.2 Å². The van der Waals surface area contributed by atoms with Crippen LogP contribution in [0.1, 0.15) is 60.3 Å². The van der Waals surface area contributed by atoms with Crippen molar-refractivity contribution in [1.82, 2.24) is 0 Å². The second-order valence-corrected chi connectivity index (χ2v) is 6.05. The molecule has 0 fully saturated rings. The molecular weight excluding hydrogens is 272 g/mol. The molecule has 0 spiro atoms. The highest BCUT2D eigenvalue weighted by molar-refractivity contribution is 5.72. The standard InChI is InChI=1S/C16H30O5/c1-6-8-9-13(7-2)15(18)20-11-10-19-12-14(17)21-16(3,4)5/h13H,6-12H2,1-5H3. The summed E-state index contributed by atoms with van der Waals surface area (Å²) in [5, 5.41) is 0. The first-order valence-electron chi connectivity index (χ1n) is 7.76. The second kappa shape index (κ2) is 10.6. The van der Waals surface area contributed by atoms with Crippen molar-refractivity contribution in [1.29, 1.82) is 0 Å². The van der Waals surface area contributed by atoms with Crippen molar-refractivity contribution in [3.05, 3.63) is 0 Å². The van der Waals surface area contributed by atoms with Gasteiger partial charge in [0, 0.05) is 0 Å². The smallest absolute Gasteiger partial charge is 0.332 e. The van der Waals surface area contributed by atoms with Gasteiger partial charge in [0.1, 0.15) is 18.8 Å². The highest BCUT2D eigenvalue weighted by atomic mass is 16.6. The quantitative estimate of drug-likeness (QED) is 0.458. The monoisotopic (exact) mass is 302 g/mol. The zero-order valence-electron chi connectivity index (χ0n) is 14.1. The molecule has 0 aliphatic heterocycles. The van der Waals surface area contributed by atoms with Crippen molar-refractivity contribution in [2.24, 2.45) is 5.92 Å². The third-order valence-electron chi connectivity index (χ3n) is 2.84. The first kappa shape index (κ1) is 19.9. The van der Waals surface area contributed by atoms with Crippen LogP contribution in [-0.4, -0.2) is 37.4 Å². The van der Waals surface area contributed by atoms with Crippen molar-refractivity contribution in [2.45, 2.75) is 65.9 Å². The van der Waals surface area contributed by atoms with E-state index in [0.717, 1.165) is 25.7 Å². The van der Waals surface area contributed by atoms with Gasteiger partial charge in [-0.1, -0.05) is 26.7 Å². The van der Waals surface area contributed by atoms with Crippen molar-refractivity contribution in [3.63, 3.8) is 0 Å². The molecule has 5 nitrogen and oxygen atoms in total. The summed E-state index contributed by atoms with van der Waals surface area (Å²) in [5.41, 5.74) is -0.513. The van der Waals surface area contributed by atoms with E-state index >= 15 is 0 Å². The van der Waals surface area contributed by atoms with Gasteiger partial charge in [-0.05, 0) is 33.6 Å². The van der Waals surface area contributed by atoms with E-state index in [4.69, 9.17) is 14.2 Å². The summed E-state index contributed by atoms with van der Waals surface area (Å²) in [6.45, 7) is 9.74. The Balaban J connectivity index is 3.74. The number of unbranched alkanes of at least 4 members (excludes halogenated alkanes) is 1. The molecule has 0 radical (unpaired) electrons. The van der Waals surface area contributed by atoms with E-state index in [9.17, 15) is 9.59 Å². The Hall–Kier alpha value is -1.10. The van der Waals surface area contributed by atoms with Crippen molar-refractivity contribution in [3.8, 4) is 0 Å². The number of hydrogen-bond acceptors (Lipinski definition) is 5. The third kappa shape index (κ3) is 11.3. The minimum atomic E-state index is -0.513. The maximum atomic E-state index is 11.8. The summed E-state index contributed by atoms with van der Waals surface area (Å²) >= 11 is 0. The lowest BCUT2D eigenvalue weighted by molar-refractivity contribution is -0.161. The molecule has 0 rings (SSSR count). The van der Waals surface area contributed by atoms with Crippen LogP contribution in [0, 0.1) is 5.92 Å². The first-order valence-corrected chi connectivity index (χ1v) is 7.76. The summed E-state index contributed by atoms with van der Waals surface area (Å²) in [6, 6.07) is 0. The molecular formula is C16H30O5. The lowest BCUT2D eigenvalue weighted by Gasteiger charge is -2.19. The van der Waals surface area contributed by atoms with Gasteiger partial charge in [-0.15, -0.1) is 0 Å². The average molecular weight is 302 g/mol. The van der Waals surface area contributed by atoms with E-state index in [0.29, 0.717) is 0 Å². The van der Waals surface area contributed by atoms with E-state index in [1.165, 1.54) is 0 Å². The largest absolute Gasteiger partial charge is 0.463 e. The van der Waals surface area contributed by atoms with Crippen molar-refractivity contribution in [2.75, 3.05) is 19.8 Å². The predicted molar refractivity (Wildman–Crippen MR) is 80.9 cm³/mol. The molecule has 0 heterocycles. The van der Waals surface area contributed by atoms with Crippen LogP contribution in [0.25, 0.3) is 0 Å². The fourth-order valence-electron chi connectivity index (χ4n) is 1.78. The molecule has 124 valence electrons. The maximum absolute atomic E-state index is 11.8. The molecule has 0 aliphatic rings. The van der Waals surface area contributed by atoms with E-state index < -0.39 is 11.6 Å². The molecule has 0 amide bonds. The van der Waals surface area contributed by atoms with Gasteiger partial charge in [0.25, 0.3) is 0 Å². The molecule has 1 atom stereocenters. The van der Waals surface area contributed by atoms with Gasteiger partial charge in [-0.2, -0.15) is 0 Å². The molecule has 0 aromatic rings. The Morgan fingerprint density at radius 1 is 1.10 bits per heavy atom. The number of esters is 2. The number of hydrogen-bond donors (Lipinski definition) is 0. The summed E-state index contributed by atoms with van der Waals surface area (Å²) in [6.07, 6.45) is 3.76. The maximum Gasteiger partial charge on any atom is 0.332 e. The van der Waals surface area contributed by atoms with Gasteiger partial charge in [-0.3, -0.25) is 4.79 Å². The molecule has 0 saturated carbocycles. The van der Waals surface area contributed by atoms with Crippen LogP contribution in [0.3, 0.4) is 0 Å². The second-order valence-electron chi connectivity index (χ2n) is 6.05. The topological polar surface area (TPSA) is 61.8 Å². The Labute approximate surface area is 128 Å². The number of carbonyl (C=O) groups excluding carboxylic acids is 2. The molecule has 5 heteroatoms. The van der Waals surface area contributed by atoms with E-state index in [1.54, 1.807) is 20.8 Å². The fourth-order valence-corrected chi connectivity index (χ4v) is 1.78. The van der Waals surface area contributed by atoms with Crippen molar-refractivity contribution < 1.29 is 23.8 Å². The summed E-state index contributed by atoms with van der Waals surface area (Å²) in [5.74, 6) is -0.620. The normalized spacial score (nSPS) is 12.8. The van der Waals surface area contributed by atoms with E-state index in [2.05, 4.69) is 6.92 Å². The molecule has 0 bridgehead atoms. The Bertz CT molecular complexity index is 306. The Morgan fingerprint density at radius 3 is 2.29 bits per heavy atom.